The Morgan fingerprint density at radius 1 is 0.976 bits per heavy atom. The van der Waals surface area contributed by atoms with Crippen molar-refractivity contribution in [2.45, 2.75) is 20.4 Å². The zero-order valence-corrected chi connectivity index (χ0v) is 24.2. The van der Waals surface area contributed by atoms with E-state index in [-0.39, 0.29) is 5.91 Å². The summed E-state index contributed by atoms with van der Waals surface area (Å²) < 4.78 is 7.22. The molecule has 0 saturated carbocycles. The maximum absolute atomic E-state index is 13.4. The van der Waals surface area contributed by atoms with Gasteiger partial charge in [0.1, 0.15) is 10.4 Å². The highest BCUT2D eigenvalue weighted by Gasteiger charge is 2.17. The smallest absolute Gasteiger partial charge is 0.255 e. The number of amides is 1. The maximum Gasteiger partial charge on any atom is 0.255 e. The second kappa shape index (κ2) is 11.7. The van der Waals surface area contributed by atoms with Crippen LogP contribution in [-0.4, -0.2) is 63.9 Å². The summed E-state index contributed by atoms with van der Waals surface area (Å²) in [6.45, 7) is 9.14. The van der Waals surface area contributed by atoms with Gasteiger partial charge in [-0.05, 0) is 85.4 Å². The number of hydrogen-bond acceptors (Lipinski definition) is 8. The monoisotopic (exact) mass is 564 g/mol. The predicted molar refractivity (Wildman–Crippen MR) is 164 cm³/mol. The Bertz CT molecular complexity index is 1700. The van der Waals surface area contributed by atoms with Crippen LogP contribution in [0, 0.1) is 13.8 Å². The van der Waals surface area contributed by atoms with Gasteiger partial charge in [0.15, 0.2) is 5.82 Å². The molecule has 1 fully saturated rings. The Kier molecular flexibility index (Phi) is 7.74. The molecule has 1 aliphatic heterocycles. The molecule has 41 heavy (non-hydrogen) atoms. The second-order valence-corrected chi connectivity index (χ2v) is 11.5. The Morgan fingerprint density at radius 2 is 1.78 bits per heavy atom. The number of carbonyl (C=O) groups excluding carboxylic acids is 1. The number of piperazine rings is 1. The number of pyridine rings is 1. The highest BCUT2D eigenvalue weighted by Crippen LogP contribution is 2.35. The number of likely N-dealkylation sites (N-methyl/N-ethyl adjacent to an activating group) is 1. The molecule has 0 atom stereocenters. The molecule has 0 radical (unpaired) electrons. The Labute approximate surface area is 243 Å². The first-order chi connectivity index (χ1) is 19.9. The van der Waals surface area contributed by atoms with E-state index in [0.29, 0.717) is 23.0 Å². The van der Waals surface area contributed by atoms with Crippen LogP contribution in [0.3, 0.4) is 0 Å². The molecule has 0 aliphatic carbocycles. The topological polar surface area (TPSA) is 83.5 Å². The van der Waals surface area contributed by atoms with Crippen LogP contribution in [0.15, 0.2) is 72.4 Å². The molecular weight excluding hydrogens is 532 g/mol. The van der Waals surface area contributed by atoms with Crippen LogP contribution in [0.4, 0.5) is 5.69 Å². The third-order valence-electron chi connectivity index (χ3n) is 7.27. The number of carbonyl (C=O) groups is 1. The maximum atomic E-state index is 13.4. The van der Waals surface area contributed by atoms with Gasteiger partial charge in [0, 0.05) is 61.9 Å². The molecule has 8 nitrogen and oxygen atoms in total. The molecule has 1 N–H and O–H groups in total. The average molecular weight is 565 g/mol. The van der Waals surface area contributed by atoms with Crippen LogP contribution in [0.2, 0.25) is 0 Å². The molecule has 1 saturated heterocycles. The number of benzene rings is 2. The first-order valence-electron chi connectivity index (χ1n) is 13.7. The summed E-state index contributed by atoms with van der Waals surface area (Å²) in [7, 11) is 2.16. The van der Waals surface area contributed by atoms with Gasteiger partial charge in [-0.25, -0.2) is 4.98 Å². The first-order valence-corrected chi connectivity index (χ1v) is 14.6. The Morgan fingerprint density at radius 3 is 2.59 bits per heavy atom. The third-order valence-corrected chi connectivity index (χ3v) is 8.16. The van der Waals surface area contributed by atoms with Crippen molar-refractivity contribution in [2.24, 2.45) is 0 Å². The number of nitrogens with one attached hydrogen (secondary N) is 1. The van der Waals surface area contributed by atoms with Gasteiger partial charge in [0.2, 0.25) is 5.88 Å². The van der Waals surface area contributed by atoms with E-state index in [4.69, 9.17) is 14.7 Å². The molecular formula is C32H32N6O2S. The van der Waals surface area contributed by atoms with Crippen LogP contribution in [0.5, 0.6) is 11.6 Å². The van der Waals surface area contributed by atoms with E-state index < -0.39 is 0 Å². The zero-order chi connectivity index (χ0) is 28.3. The second-order valence-electron chi connectivity index (χ2n) is 10.5. The molecule has 5 aromatic rings. The number of rotatable bonds is 7. The van der Waals surface area contributed by atoms with Gasteiger partial charge in [-0.15, -0.1) is 11.3 Å². The number of fused-ring (bicyclic) bond motifs is 1. The highest BCUT2D eigenvalue weighted by molar-refractivity contribution is 7.17. The molecule has 1 amide bonds. The zero-order valence-electron chi connectivity index (χ0n) is 23.4. The van der Waals surface area contributed by atoms with Gasteiger partial charge >= 0.3 is 0 Å². The number of anilines is 1. The molecule has 0 unspecified atom stereocenters. The molecule has 208 valence electrons. The van der Waals surface area contributed by atoms with Crippen molar-refractivity contribution in [3.63, 3.8) is 0 Å². The van der Waals surface area contributed by atoms with Crippen LogP contribution in [0.25, 0.3) is 21.6 Å². The highest BCUT2D eigenvalue weighted by atomic mass is 32.1. The van der Waals surface area contributed by atoms with Crippen molar-refractivity contribution < 1.29 is 9.53 Å². The van der Waals surface area contributed by atoms with Gasteiger partial charge in [-0.1, -0.05) is 12.1 Å². The third kappa shape index (κ3) is 6.27. The van der Waals surface area contributed by atoms with Crippen LogP contribution < -0.4 is 10.1 Å². The fraction of sp³-hybridized carbons (Fsp3) is 0.250. The molecule has 0 spiro atoms. The van der Waals surface area contributed by atoms with Crippen LogP contribution in [-0.2, 0) is 6.54 Å². The first kappa shape index (κ1) is 27.0. The summed E-state index contributed by atoms with van der Waals surface area (Å²) in [4.78, 5) is 31.7. The van der Waals surface area contributed by atoms with Crippen molar-refractivity contribution in [3.8, 4) is 23.0 Å². The van der Waals surface area contributed by atoms with E-state index in [1.165, 1.54) is 16.9 Å². The van der Waals surface area contributed by atoms with Crippen molar-refractivity contribution in [3.05, 3.63) is 94.6 Å². The predicted octanol–water partition coefficient (Wildman–Crippen LogP) is 6.16. The van der Waals surface area contributed by atoms with Crippen molar-refractivity contribution in [1.82, 2.24) is 24.8 Å². The standard InChI is InChI=1S/C32H32N6O2S/c1-21-16-23(20-38-13-11-37(3)12-14-38)18-26(17-21)34-31(39)25-5-4-22(2)28(19-25)40-32-29-27(8-15-41-29)35-30(36-32)24-6-9-33-10-7-24/h4-10,15-19H,11-14,20H2,1-3H3,(H,34,39). The summed E-state index contributed by atoms with van der Waals surface area (Å²) in [5.74, 6) is 1.41. The molecule has 9 heteroatoms. The van der Waals surface area contributed by atoms with Gasteiger partial charge in [0.05, 0.1) is 5.52 Å². The number of aryl methyl sites for hydroxylation is 2. The fourth-order valence-corrected chi connectivity index (χ4v) is 5.74. The van der Waals surface area contributed by atoms with E-state index >= 15 is 0 Å². The number of hydrogen-bond donors (Lipinski definition) is 1. The minimum atomic E-state index is -0.188. The van der Waals surface area contributed by atoms with Crippen LogP contribution in [0.1, 0.15) is 27.0 Å². The van der Waals surface area contributed by atoms with Gasteiger partial charge in [-0.3, -0.25) is 14.7 Å². The molecule has 0 bridgehead atoms. The number of thiophene rings is 1. The van der Waals surface area contributed by atoms with E-state index in [2.05, 4.69) is 46.2 Å². The number of nitrogens with zero attached hydrogens (tertiary/aromatic N) is 5. The van der Waals surface area contributed by atoms with E-state index in [9.17, 15) is 4.79 Å². The fourth-order valence-electron chi connectivity index (χ4n) is 4.98. The average Bonchev–Trinajstić information content (AvgIpc) is 3.45. The number of aromatic nitrogens is 3. The SMILES string of the molecule is Cc1cc(CN2CCN(C)CC2)cc(NC(=O)c2ccc(C)c(Oc3nc(-c4ccncc4)nc4ccsc34)c2)c1. The normalized spacial score (nSPS) is 14.3. The summed E-state index contributed by atoms with van der Waals surface area (Å²) in [5.41, 5.74) is 6.19. The lowest BCUT2D eigenvalue weighted by Gasteiger charge is -2.32. The lowest BCUT2D eigenvalue weighted by Crippen LogP contribution is -2.43. The van der Waals surface area contributed by atoms with Crippen molar-refractivity contribution in [1.29, 1.82) is 0 Å². The summed E-state index contributed by atoms with van der Waals surface area (Å²) in [6.07, 6.45) is 3.43. The minimum Gasteiger partial charge on any atom is -0.437 e. The Hall–Kier alpha value is -4.18. The van der Waals surface area contributed by atoms with Crippen molar-refractivity contribution >= 4 is 33.1 Å². The summed E-state index contributed by atoms with van der Waals surface area (Å²) >= 11 is 1.52. The summed E-state index contributed by atoms with van der Waals surface area (Å²) in [6, 6.07) is 17.5. The van der Waals surface area contributed by atoms with Gasteiger partial charge in [0.25, 0.3) is 5.91 Å². The van der Waals surface area contributed by atoms with Gasteiger partial charge < -0.3 is 15.0 Å². The van der Waals surface area contributed by atoms with E-state index in [0.717, 1.165) is 65.3 Å². The largest absolute Gasteiger partial charge is 0.437 e. The summed E-state index contributed by atoms with van der Waals surface area (Å²) in [5, 5.41) is 5.07. The molecule has 1 aliphatic rings. The van der Waals surface area contributed by atoms with E-state index in [1.54, 1.807) is 18.5 Å². The van der Waals surface area contributed by atoms with Crippen LogP contribution >= 0.6 is 11.3 Å². The quantitative estimate of drug-likeness (QED) is 0.253. The molecule has 2 aromatic carbocycles. The Balaban J connectivity index is 1.22. The lowest BCUT2D eigenvalue weighted by molar-refractivity contribution is 0.102. The van der Waals surface area contributed by atoms with Gasteiger partial charge in [-0.2, -0.15) is 4.98 Å². The lowest BCUT2D eigenvalue weighted by atomic mass is 10.1. The molecule has 4 heterocycles. The minimum absolute atomic E-state index is 0.188. The number of ether oxygens (including phenoxy) is 1. The van der Waals surface area contributed by atoms with Crippen molar-refractivity contribution in [2.75, 3.05) is 38.5 Å². The molecule has 6 rings (SSSR count). The van der Waals surface area contributed by atoms with E-state index in [1.807, 2.05) is 48.7 Å². The molecule has 3 aromatic heterocycles.